The van der Waals surface area contributed by atoms with Crippen LogP contribution in [0, 0.1) is 0 Å². The van der Waals surface area contributed by atoms with Crippen LogP contribution >= 0.6 is 0 Å². The van der Waals surface area contributed by atoms with Gasteiger partial charge in [0.15, 0.2) is 0 Å². The minimum Gasteiger partial charge on any atom is -0.480 e. The summed E-state index contributed by atoms with van der Waals surface area (Å²) in [4.78, 5) is 34.0. The second-order valence-corrected chi connectivity index (χ2v) is 4.05. The van der Waals surface area contributed by atoms with Crippen LogP contribution in [0.3, 0.4) is 0 Å². The zero-order valence-corrected chi connectivity index (χ0v) is 9.52. The van der Waals surface area contributed by atoms with Crippen molar-refractivity contribution in [2.45, 2.75) is 31.7 Å². The topological polar surface area (TPSA) is 113 Å². The maximum absolute atomic E-state index is 11.6. The molecule has 0 aromatic rings. The van der Waals surface area contributed by atoms with E-state index in [4.69, 9.17) is 10.8 Å². The minimum absolute atomic E-state index is 0.0437. The highest BCUT2D eigenvalue weighted by molar-refractivity contribution is 5.80. The number of nitrogens with zero attached hydrogens (tertiary/aromatic N) is 1. The largest absolute Gasteiger partial charge is 0.480 e. The van der Waals surface area contributed by atoms with Crippen LogP contribution in [0.4, 0.5) is 4.79 Å². The van der Waals surface area contributed by atoms with Crippen molar-refractivity contribution in [1.82, 2.24) is 10.2 Å². The fourth-order valence-electron chi connectivity index (χ4n) is 1.46. The van der Waals surface area contributed by atoms with Gasteiger partial charge in [0.2, 0.25) is 5.91 Å². The Kier molecular flexibility index (Phi) is 4.74. The first-order valence-corrected chi connectivity index (χ1v) is 5.55. The third kappa shape index (κ3) is 5.19. The molecule has 1 saturated carbocycles. The number of amides is 3. The number of carboxylic acid groups (broad SMARTS) is 1. The Hall–Kier alpha value is -1.79. The van der Waals surface area contributed by atoms with E-state index in [0.29, 0.717) is 13.0 Å². The van der Waals surface area contributed by atoms with Gasteiger partial charge in [-0.15, -0.1) is 0 Å². The molecule has 4 N–H and O–H groups in total. The fourth-order valence-corrected chi connectivity index (χ4v) is 1.46. The molecule has 0 bridgehead atoms. The second kappa shape index (κ2) is 6.07. The molecule has 0 saturated heterocycles. The number of hydrogen-bond acceptors (Lipinski definition) is 3. The van der Waals surface area contributed by atoms with Crippen LogP contribution in [-0.4, -0.2) is 47.0 Å². The average molecular weight is 243 g/mol. The lowest BCUT2D eigenvalue weighted by Gasteiger charge is -2.20. The van der Waals surface area contributed by atoms with Gasteiger partial charge < -0.3 is 21.1 Å². The third-order valence-corrected chi connectivity index (χ3v) is 2.43. The molecule has 0 aliphatic heterocycles. The molecule has 7 heteroatoms. The van der Waals surface area contributed by atoms with Gasteiger partial charge in [-0.1, -0.05) is 0 Å². The molecule has 1 aliphatic carbocycles. The smallest absolute Gasteiger partial charge is 0.323 e. The standard InChI is InChI=1S/C10H17N3O4/c11-8(14)2-1-5-12-10(17)13(6-9(15)16)7-3-4-7/h7H,1-6H2,(H2,11,14)(H,12,17)(H,15,16). The summed E-state index contributed by atoms with van der Waals surface area (Å²) < 4.78 is 0. The molecule has 96 valence electrons. The summed E-state index contributed by atoms with van der Waals surface area (Å²) >= 11 is 0. The molecule has 1 fully saturated rings. The number of carbonyl (C=O) groups excluding carboxylic acids is 2. The lowest BCUT2D eigenvalue weighted by Crippen LogP contribution is -2.44. The van der Waals surface area contributed by atoms with Crippen LogP contribution in [0.25, 0.3) is 0 Å². The summed E-state index contributed by atoms with van der Waals surface area (Å²) in [6, 6.07) is -0.346. The maximum Gasteiger partial charge on any atom is 0.323 e. The Bertz CT molecular complexity index is 315. The first kappa shape index (κ1) is 13.3. The van der Waals surface area contributed by atoms with Crippen molar-refractivity contribution >= 4 is 17.9 Å². The lowest BCUT2D eigenvalue weighted by atomic mass is 10.3. The van der Waals surface area contributed by atoms with Crippen molar-refractivity contribution in [3.8, 4) is 0 Å². The van der Waals surface area contributed by atoms with Crippen molar-refractivity contribution in [3.05, 3.63) is 0 Å². The molecule has 3 amide bonds. The molecule has 0 aromatic heterocycles. The van der Waals surface area contributed by atoms with E-state index in [1.807, 2.05) is 0 Å². The van der Waals surface area contributed by atoms with E-state index in [9.17, 15) is 14.4 Å². The summed E-state index contributed by atoms with van der Waals surface area (Å²) in [6.07, 6.45) is 2.37. The number of hydrogen-bond donors (Lipinski definition) is 3. The molecular formula is C10H17N3O4. The van der Waals surface area contributed by atoms with Crippen LogP contribution in [0.5, 0.6) is 0 Å². The Morgan fingerprint density at radius 3 is 2.47 bits per heavy atom. The van der Waals surface area contributed by atoms with Crippen LogP contribution in [0.1, 0.15) is 25.7 Å². The predicted octanol–water partition coefficient (Wildman–Crippen LogP) is -0.489. The molecule has 0 aromatic carbocycles. The van der Waals surface area contributed by atoms with Crippen molar-refractivity contribution in [2.75, 3.05) is 13.1 Å². The number of rotatable bonds is 7. The number of nitrogens with one attached hydrogen (secondary N) is 1. The highest BCUT2D eigenvalue weighted by atomic mass is 16.4. The fraction of sp³-hybridized carbons (Fsp3) is 0.700. The lowest BCUT2D eigenvalue weighted by molar-refractivity contribution is -0.137. The van der Waals surface area contributed by atoms with Gasteiger partial charge in [0.05, 0.1) is 0 Å². The number of nitrogens with two attached hydrogens (primary N) is 1. The SMILES string of the molecule is NC(=O)CCCNC(=O)N(CC(=O)O)C1CC1. The van der Waals surface area contributed by atoms with Crippen molar-refractivity contribution in [3.63, 3.8) is 0 Å². The van der Waals surface area contributed by atoms with E-state index in [2.05, 4.69) is 5.32 Å². The first-order chi connectivity index (χ1) is 8.00. The second-order valence-electron chi connectivity index (χ2n) is 4.05. The van der Waals surface area contributed by atoms with E-state index >= 15 is 0 Å². The number of aliphatic carboxylic acids is 1. The maximum atomic E-state index is 11.6. The molecule has 7 nitrogen and oxygen atoms in total. The van der Waals surface area contributed by atoms with Gasteiger partial charge in [0.1, 0.15) is 6.54 Å². The number of carbonyl (C=O) groups is 3. The van der Waals surface area contributed by atoms with Gasteiger partial charge in [-0.25, -0.2) is 4.79 Å². The number of primary amides is 1. The Balaban J connectivity index is 2.27. The highest BCUT2D eigenvalue weighted by Gasteiger charge is 2.33. The molecule has 0 radical (unpaired) electrons. The summed E-state index contributed by atoms with van der Waals surface area (Å²) in [5.74, 6) is -1.44. The minimum atomic E-state index is -1.02. The molecule has 0 spiro atoms. The Morgan fingerprint density at radius 1 is 1.35 bits per heavy atom. The Morgan fingerprint density at radius 2 is 2.00 bits per heavy atom. The molecule has 0 unspecified atom stereocenters. The van der Waals surface area contributed by atoms with Gasteiger partial charge in [-0.2, -0.15) is 0 Å². The average Bonchev–Trinajstić information content (AvgIpc) is 3.03. The zero-order chi connectivity index (χ0) is 12.8. The molecule has 0 atom stereocenters. The summed E-state index contributed by atoms with van der Waals surface area (Å²) in [6.45, 7) is 0.0386. The normalized spacial score (nSPS) is 14.1. The Labute approximate surface area is 98.9 Å². The highest BCUT2D eigenvalue weighted by Crippen LogP contribution is 2.26. The van der Waals surface area contributed by atoms with Gasteiger partial charge in [-0.3, -0.25) is 9.59 Å². The van der Waals surface area contributed by atoms with E-state index in [-0.39, 0.29) is 25.0 Å². The summed E-state index contributed by atoms with van der Waals surface area (Å²) in [7, 11) is 0. The van der Waals surface area contributed by atoms with E-state index in [0.717, 1.165) is 12.8 Å². The summed E-state index contributed by atoms with van der Waals surface area (Å²) in [5, 5.41) is 11.3. The molecule has 1 rings (SSSR count). The monoisotopic (exact) mass is 243 g/mol. The molecular weight excluding hydrogens is 226 g/mol. The third-order valence-electron chi connectivity index (χ3n) is 2.43. The van der Waals surface area contributed by atoms with Crippen molar-refractivity contribution < 1.29 is 19.5 Å². The first-order valence-electron chi connectivity index (χ1n) is 5.55. The van der Waals surface area contributed by atoms with Gasteiger partial charge in [-0.05, 0) is 19.3 Å². The zero-order valence-electron chi connectivity index (χ0n) is 9.52. The van der Waals surface area contributed by atoms with Crippen LogP contribution in [0.15, 0.2) is 0 Å². The van der Waals surface area contributed by atoms with Crippen LogP contribution in [0.2, 0.25) is 0 Å². The molecule has 0 heterocycles. The van der Waals surface area contributed by atoms with E-state index in [1.165, 1.54) is 4.90 Å². The van der Waals surface area contributed by atoms with Crippen LogP contribution in [-0.2, 0) is 9.59 Å². The van der Waals surface area contributed by atoms with Gasteiger partial charge >= 0.3 is 12.0 Å². The predicted molar refractivity (Wildman–Crippen MR) is 59.2 cm³/mol. The van der Waals surface area contributed by atoms with Gasteiger partial charge in [0, 0.05) is 19.0 Å². The number of urea groups is 1. The van der Waals surface area contributed by atoms with Crippen molar-refractivity contribution in [2.24, 2.45) is 5.73 Å². The van der Waals surface area contributed by atoms with E-state index in [1.54, 1.807) is 0 Å². The summed E-state index contributed by atoms with van der Waals surface area (Å²) in [5.41, 5.74) is 4.95. The van der Waals surface area contributed by atoms with E-state index < -0.39 is 11.9 Å². The van der Waals surface area contributed by atoms with Gasteiger partial charge in [0.25, 0.3) is 0 Å². The molecule has 17 heavy (non-hydrogen) atoms. The van der Waals surface area contributed by atoms with Crippen LogP contribution < -0.4 is 11.1 Å². The van der Waals surface area contributed by atoms with Crippen molar-refractivity contribution in [1.29, 1.82) is 0 Å². The number of carboxylic acids is 1. The molecule has 1 aliphatic rings. The quantitative estimate of drug-likeness (QED) is 0.523.